The van der Waals surface area contributed by atoms with Crippen molar-refractivity contribution in [2.45, 2.75) is 26.3 Å². The van der Waals surface area contributed by atoms with E-state index in [2.05, 4.69) is 5.32 Å². The maximum Gasteiger partial charge on any atom is 0.241 e. The molecule has 1 rings (SSSR count). The van der Waals surface area contributed by atoms with Crippen molar-refractivity contribution < 1.29 is 14.3 Å². The van der Waals surface area contributed by atoms with E-state index in [0.717, 1.165) is 0 Å². The molecule has 3 N–H and O–H groups in total. The molecule has 0 bridgehead atoms. The van der Waals surface area contributed by atoms with Gasteiger partial charge in [0.2, 0.25) is 5.91 Å². The van der Waals surface area contributed by atoms with E-state index in [-0.39, 0.29) is 5.91 Å². The van der Waals surface area contributed by atoms with E-state index >= 15 is 0 Å². The molecule has 0 saturated carbocycles. The second kappa shape index (κ2) is 6.86. The minimum Gasteiger partial charge on any atom is -0.493 e. The standard InChI is InChI=1S/C13H20N2O3/c1-4-10(14)13(16)15-9-6-7-11(17-3)12(8-9)18-5-2/h6-8,10H,4-5,14H2,1-3H3,(H,15,16)/t10-/m1/s1. The van der Waals surface area contributed by atoms with Gasteiger partial charge in [0, 0.05) is 11.8 Å². The molecule has 0 heterocycles. The highest BCUT2D eigenvalue weighted by molar-refractivity contribution is 5.94. The lowest BCUT2D eigenvalue weighted by atomic mass is 10.2. The van der Waals surface area contributed by atoms with Crippen LogP contribution >= 0.6 is 0 Å². The summed E-state index contributed by atoms with van der Waals surface area (Å²) >= 11 is 0. The van der Waals surface area contributed by atoms with E-state index in [9.17, 15) is 4.79 Å². The van der Waals surface area contributed by atoms with Crippen molar-refractivity contribution in [1.82, 2.24) is 0 Å². The summed E-state index contributed by atoms with van der Waals surface area (Å²) in [4.78, 5) is 11.7. The number of methoxy groups -OCH3 is 1. The Bertz CT molecular complexity index is 407. The normalized spacial score (nSPS) is 11.8. The monoisotopic (exact) mass is 252 g/mol. The van der Waals surface area contributed by atoms with Crippen LogP contribution < -0.4 is 20.5 Å². The van der Waals surface area contributed by atoms with Crippen molar-refractivity contribution in [3.63, 3.8) is 0 Å². The van der Waals surface area contributed by atoms with Gasteiger partial charge in [-0.05, 0) is 25.5 Å². The van der Waals surface area contributed by atoms with Gasteiger partial charge >= 0.3 is 0 Å². The third-order valence-corrected chi connectivity index (χ3v) is 2.51. The number of carbonyl (C=O) groups is 1. The number of carbonyl (C=O) groups excluding carboxylic acids is 1. The summed E-state index contributed by atoms with van der Waals surface area (Å²) < 4.78 is 10.6. The number of ether oxygens (including phenoxy) is 2. The number of nitrogens with two attached hydrogens (primary N) is 1. The number of hydrogen-bond acceptors (Lipinski definition) is 4. The summed E-state index contributed by atoms with van der Waals surface area (Å²) in [5.74, 6) is 1.03. The quantitative estimate of drug-likeness (QED) is 0.809. The van der Waals surface area contributed by atoms with Gasteiger partial charge in [0.25, 0.3) is 0 Å². The summed E-state index contributed by atoms with van der Waals surface area (Å²) in [5.41, 5.74) is 6.30. The number of anilines is 1. The zero-order valence-corrected chi connectivity index (χ0v) is 11.0. The predicted molar refractivity (Wildman–Crippen MR) is 71.1 cm³/mol. The van der Waals surface area contributed by atoms with Gasteiger partial charge in [-0.25, -0.2) is 0 Å². The molecule has 18 heavy (non-hydrogen) atoms. The maximum atomic E-state index is 11.7. The van der Waals surface area contributed by atoms with E-state index in [1.54, 1.807) is 25.3 Å². The largest absolute Gasteiger partial charge is 0.493 e. The Kier molecular flexibility index (Phi) is 5.45. The van der Waals surface area contributed by atoms with E-state index in [0.29, 0.717) is 30.2 Å². The number of hydrogen-bond donors (Lipinski definition) is 2. The van der Waals surface area contributed by atoms with Crippen molar-refractivity contribution in [3.05, 3.63) is 18.2 Å². The molecular formula is C13H20N2O3. The van der Waals surface area contributed by atoms with Crippen molar-refractivity contribution >= 4 is 11.6 Å². The van der Waals surface area contributed by atoms with Gasteiger partial charge in [0.05, 0.1) is 19.8 Å². The molecule has 0 saturated heterocycles. The van der Waals surface area contributed by atoms with Gasteiger partial charge in [-0.2, -0.15) is 0 Å². The number of nitrogens with one attached hydrogen (secondary N) is 1. The van der Waals surface area contributed by atoms with Crippen LogP contribution in [0.2, 0.25) is 0 Å². The Morgan fingerprint density at radius 1 is 1.39 bits per heavy atom. The Balaban J connectivity index is 2.84. The SMILES string of the molecule is CCOc1cc(NC(=O)[C@H](N)CC)ccc1OC. The average Bonchev–Trinajstić information content (AvgIpc) is 2.38. The van der Waals surface area contributed by atoms with Gasteiger partial charge in [-0.3, -0.25) is 4.79 Å². The zero-order chi connectivity index (χ0) is 13.5. The molecule has 0 spiro atoms. The lowest BCUT2D eigenvalue weighted by Crippen LogP contribution is -2.34. The number of benzene rings is 1. The van der Waals surface area contributed by atoms with Crippen LogP contribution in [0.25, 0.3) is 0 Å². The van der Waals surface area contributed by atoms with Crippen LogP contribution in [0.4, 0.5) is 5.69 Å². The highest BCUT2D eigenvalue weighted by atomic mass is 16.5. The first-order valence-corrected chi connectivity index (χ1v) is 5.99. The average molecular weight is 252 g/mol. The number of amides is 1. The molecule has 0 aliphatic rings. The molecule has 100 valence electrons. The Morgan fingerprint density at radius 2 is 2.11 bits per heavy atom. The van der Waals surface area contributed by atoms with E-state index in [4.69, 9.17) is 15.2 Å². The van der Waals surface area contributed by atoms with Crippen molar-refractivity contribution in [2.24, 2.45) is 5.73 Å². The first-order valence-electron chi connectivity index (χ1n) is 5.99. The van der Waals surface area contributed by atoms with Crippen molar-refractivity contribution in [3.8, 4) is 11.5 Å². The molecule has 1 aromatic carbocycles. The van der Waals surface area contributed by atoms with Crippen LogP contribution in [-0.4, -0.2) is 25.7 Å². The summed E-state index contributed by atoms with van der Waals surface area (Å²) in [6.07, 6.45) is 0.598. The highest BCUT2D eigenvalue weighted by Crippen LogP contribution is 2.30. The molecule has 5 nitrogen and oxygen atoms in total. The Morgan fingerprint density at radius 3 is 2.67 bits per heavy atom. The van der Waals surface area contributed by atoms with Crippen LogP contribution in [0.1, 0.15) is 20.3 Å². The topological polar surface area (TPSA) is 73.6 Å². The van der Waals surface area contributed by atoms with Crippen LogP contribution in [0, 0.1) is 0 Å². The second-order valence-corrected chi connectivity index (χ2v) is 3.80. The first-order chi connectivity index (χ1) is 8.62. The van der Waals surface area contributed by atoms with E-state index in [1.807, 2.05) is 13.8 Å². The molecule has 0 radical (unpaired) electrons. The Hall–Kier alpha value is -1.75. The molecule has 0 aliphatic carbocycles. The lowest BCUT2D eigenvalue weighted by Gasteiger charge is -2.13. The van der Waals surface area contributed by atoms with E-state index in [1.165, 1.54) is 0 Å². The van der Waals surface area contributed by atoms with Gasteiger partial charge in [0.15, 0.2) is 11.5 Å². The minimum absolute atomic E-state index is 0.204. The predicted octanol–water partition coefficient (Wildman–Crippen LogP) is 1.77. The molecular weight excluding hydrogens is 232 g/mol. The summed E-state index contributed by atoms with van der Waals surface area (Å²) in [6, 6.07) is 4.73. The minimum atomic E-state index is -0.498. The highest BCUT2D eigenvalue weighted by Gasteiger charge is 2.12. The fourth-order valence-corrected chi connectivity index (χ4v) is 1.44. The molecule has 5 heteroatoms. The summed E-state index contributed by atoms with van der Waals surface area (Å²) in [5, 5.41) is 2.74. The third kappa shape index (κ3) is 3.63. The van der Waals surface area contributed by atoms with Crippen LogP contribution in [-0.2, 0) is 4.79 Å². The zero-order valence-electron chi connectivity index (χ0n) is 11.0. The summed E-state index contributed by atoms with van der Waals surface area (Å²) in [6.45, 7) is 4.28. The van der Waals surface area contributed by atoms with Crippen molar-refractivity contribution in [2.75, 3.05) is 19.0 Å². The number of rotatable bonds is 6. The molecule has 1 amide bonds. The van der Waals surface area contributed by atoms with Gasteiger partial charge in [-0.1, -0.05) is 6.92 Å². The lowest BCUT2D eigenvalue weighted by molar-refractivity contribution is -0.117. The van der Waals surface area contributed by atoms with E-state index < -0.39 is 6.04 Å². The fraction of sp³-hybridized carbons (Fsp3) is 0.462. The van der Waals surface area contributed by atoms with Crippen LogP contribution in [0.3, 0.4) is 0 Å². The first kappa shape index (κ1) is 14.3. The van der Waals surface area contributed by atoms with Crippen molar-refractivity contribution in [1.29, 1.82) is 0 Å². The molecule has 1 atom stereocenters. The Labute approximate surface area is 107 Å². The molecule has 0 aliphatic heterocycles. The smallest absolute Gasteiger partial charge is 0.241 e. The second-order valence-electron chi connectivity index (χ2n) is 3.80. The summed E-state index contributed by atoms with van der Waals surface area (Å²) in [7, 11) is 1.57. The molecule has 0 unspecified atom stereocenters. The molecule has 0 fully saturated rings. The fourth-order valence-electron chi connectivity index (χ4n) is 1.44. The molecule has 1 aromatic rings. The third-order valence-electron chi connectivity index (χ3n) is 2.51. The maximum absolute atomic E-state index is 11.7. The van der Waals surface area contributed by atoms with Crippen LogP contribution in [0.15, 0.2) is 18.2 Å². The van der Waals surface area contributed by atoms with Gasteiger partial charge in [0.1, 0.15) is 0 Å². The molecule has 0 aromatic heterocycles. The van der Waals surface area contributed by atoms with Gasteiger partial charge in [-0.15, -0.1) is 0 Å². The van der Waals surface area contributed by atoms with Crippen LogP contribution in [0.5, 0.6) is 11.5 Å². The van der Waals surface area contributed by atoms with Gasteiger partial charge < -0.3 is 20.5 Å².